The average molecular weight is 306 g/mol. The van der Waals surface area contributed by atoms with Crippen LogP contribution >= 0.6 is 0 Å². The average Bonchev–Trinajstić information content (AvgIpc) is 2.89. The summed E-state index contributed by atoms with van der Waals surface area (Å²) in [7, 11) is -3.17. The molecule has 6 nitrogen and oxygen atoms in total. The Balaban J connectivity index is 1.94. The maximum Gasteiger partial charge on any atom is 0.175 e. The van der Waals surface area contributed by atoms with Crippen LogP contribution < -0.4 is 5.73 Å². The van der Waals surface area contributed by atoms with E-state index in [-0.39, 0.29) is 0 Å². The minimum Gasteiger partial charge on any atom is -0.330 e. The van der Waals surface area contributed by atoms with Crippen LogP contribution in [0.4, 0.5) is 0 Å². The molecule has 0 saturated carbocycles. The number of hydrogen-bond donors (Lipinski definition) is 1. The third-order valence-corrected chi connectivity index (χ3v) is 5.06. The molecular formula is C14H18N4O2S. The molecule has 1 aliphatic heterocycles. The summed E-state index contributed by atoms with van der Waals surface area (Å²) in [5.74, 6) is 2.22. The van der Waals surface area contributed by atoms with E-state index >= 15 is 0 Å². The molecule has 2 heterocycles. The molecule has 21 heavy (non-hydrogen) atoms. The molecule has 1 atom stereocenters. The molecule has 0 spiro atoms. The van der Waals surface area contributed by atoms with Crippen molar-refractivity contribution in [3.63, 3.8) is 0 Å². The third-order valence-electron chi connectivity index (χ3n) is 3.93. The fourth-order valence-corrected chi connectivity index (χ4v) is 3.29. The van der Waals surface area contributed by atoms with Gasteiger partial charge in [0.1, 0.15) is 5.82 Å². The first-order valence-electron chi connectivity index (χ1n) is 6.91. The lowest BCUT2D eigenvalue weighted by atomic mass is 9.98. The summed E-state index contributed by atoms with van der Waals surface area (Å²) in [6, 6.07) is 6.78. The number of aromatic nitrogens is 3. The van der Waals surface area contributed by atoms with Gasteiger partial charge in [-0.1, -0.05) is 0 Å². The van der Waals surface area contributed by atoms with Gasteiger partial charge in [-0.3, -0.25) is 0 Å². The van der Waals surface area contributed by atoms with Crippen molar-refractivity contribution >= 4 is 9.84 Å². The number of hydrogen-bond acceptors (Lipinski definition) is 5. The predicted molar refractivity (Wildman–Crippen MR) is 79.4 cm³/mol. The molecular weight excluding hydrogens is 288 g/mol. The van der Waals surface area contributed by atoms with Crippen molar-refractivity contribution in [3.8, 4) is 11.4 Å². The van der Waals surface area contributed by atoms with Crippen LogP contribution in [0.25, 0.3) is 11.4 Å². The smallest absolute Gasteiger partial charge is 0.175 e. The maximum absolute atomic E-state index is 11.5. The Morgan fingerprint density at radius 1 is 1.29 bits per heavy atom. The van der Waals surface area contributed by atoms with E-state index in [1.807, 2.05) is 0 Å². The highest BCUT2D eigenvalue weighted by Crippen LogP contribution is 2.26. The van der Waals surface area contributed by atoms with Gasteiger partial charge in [0, 0.05) is 24.8 Å². The first-order valence-corrected chi connectivity index (χ1v) is 8.81. The molecule has 0 fully saturated rings. The summed E-state index contributed by atoms with van der Waals surface area (Å²) in [6.45, 7) is 1.53. The quantitative estimate of drug-likeness (QED) is 0.908. The minimum absolute atomic E-state index is 0.313. The van der Waals surface area contributed by atoms with Gasteiger partial charge in [0.05, 0.1) is 4.90 Å². The van der Waals surface area contributed by atoms with Gasteiger partial charge >= 0.3 is 0 Å². The second-order valence-electron chi connectivity index (χ2n) is 5.48. The van der Waals surface area contributed by atoms with Crippen LogP contribution in [0.5, 0.6) is 0 Å². The standard InChI is InChI=1S/C14H18N4O2S/c1-21(19,20)12-4-2-11(3-5-12)14-17-16-13-8-10(9-15)6-7-18(13)14/h2-5,10H,6-9,15H2,1H3. The SMILES string of the molecule is CS(=O)(=O)c1ccc(-c2nnc3n2CCC(CN)C3)cc1. The molecule has 1 unspecified atom stereocenters. The number of fused-ring (bicyclic) bond motifs is 1. The van der Waals surface area contributed by atoms with E-state index in [1.165, 1.54) is 6.26 Å². The minimum atomic E-state index is -3.17. The molecule has 3 rings (SSSR count). The van der Waals surface area contributed by atoms with E-state index in [0.717, 1.165) is 36.6 Å². The monoisotopic (exact) mass is 306 g/mol. The van der Waals surface area contributed by atoms with E-state index in [2.05, 4.69) is 14.8 Å². The molecule has 7 heteroatoms. The number of nitrogens with zero attached hydrogens (tertiary/aromatic N) is 3. The van der Waals surface area contributed by atoms with Gasteiger partial charge in [-0.25, -0.2) is 8.42 Å². The molecule has 2 N–H and O–H groups in total. The van der Waals surface area contributed by atoms with Crippen molar-refractivity contribution < 1.29 is 8.42 Å². The van der Waals surface area contributed by atoms with Gasteiger partial charge in [-0.15, -0.1) is 10.2 Å². The fraction of sp³-hybridized carbons (Fsp3) is 0.429. The highest BCUT2D eigenvalue weighted by molar-refractivity contribution is 7.90. The lowest BCUT2D eigenvalue weighted by molar-refractivity contribution is 0.391. The van der Waals surface area contributed by atoms with Gasteiger partial charge in [0.2, 0.25) is 0 Å². The molecule has 0 bridgehead atoms. The molecule has 1 aromatic heterocycles. The van der Waals surface area contributed by atoms with Crippen molar-refractivity contribution in [2.45, 2.75) is 24.3 Å². The summed E-state index contributed by atoms with van der Waals surface area (Å²) >= 11 is 0. The summed E-state index contributed by atoms with van der Waals surface area (Å²) in [6.07, 6.45) is 3.08. The first-order chi connectivity index (χ1) is 9.99. The van der Waals surface area contributed by atoms with Crippen LogP contribution in [-0.4, -0.2) is 36.0 Å². The molecule has 1 aromatic carbocycles. The molecule has 112 valence electrons. The van der Waals surface area contributed by atoms with Gasteiger partial charge in [0.15, 0.2) is 15.7 Å². The maximum atomic E-state index is 11.5. The third kappa shape index (κ3) is 2.71. The Hall–Kier alpha value is -1.73. The second kappa shape index (κ2) is 5.23. The number of sulfone groups is 1. The lowest BCUT2D eigenvalue weighted by Gasteiger charge is -2.22. The zero-order valence-corrected chi connectivity index (χ0v) is 12.7. The van der Waals surface area contributed by atoms with Gasteiger partial charge in [0.25, 0.3) is 0 Å². The first kappa shape index (κ1) is 14.2. The molecule has 2 aromatic rings. The van der Waals surface area contributed by atoms with Crippen molar-refractivity contribution in [1.82, 2.24) is 14.8 Å². The van der Waals surface area contributed by atoms with Crippen LogP contribution in [0.1, 0.15) is 12.2 Å². The van der Waals surface area contributed by atoms with E-state index in [1.54, 1.807) is 24.3 Å². The van der Waals surface area contributed by atoms with Gasteiger partial charge in [-0.2, -0.15) is 0 Å². The summed E-state index contributed by atoms with van der Waals surface area (Å²) in [5, 5.41) is 8.49. The van der Waals surface area contributed by atoms with Crippen molar-refractivity contribution in [2.24, 2.45) is 11.7 Å². The molecule has 0 amide bonds. The van der Waals surface area contributed by atoms with Gasteiger partial charge < -0.3 is 10.3 Å². The van der Waals surface area contributed by atoms with E-state index in [9.17, 15) is 8.42 Å². The highest BCUT2D eigenvalue weighted by Gasteiger charge is 2.22. The molecule has 0 radical (unpaired) electrons. The van der Waals surface area contributed by atoms with Crippen molar-refractivity contribution in [3.05, 3.63) is 30.1 Å². The fourth-order valence-electron chi connectivity index (χ4n) is 2.66. The Labute approximate surface area is 123 Å². The van der Waals surface area contributed by atoms with Crippen molar-refractivity contribution in [2.75, 3.05) is 12.8 Å². The Kier molecular flexibility index (Phi) is 3.54. The van der Waals surface area contributed by atoms with Crippen LogP contribution in [0, 0.1) is 5.92 Å². The van der Waals surface area contributed by atoms with Gasteiger partial charge in [-0.05, 0) is 43.1 Å². The molecule has 0 saturated heterocycles. The Morgan fingerprint density at radius 2 is 2.00 bits per heavy atom. The number of benzene rings is 1. The number of rotatable bonds is 3. The largest absolute Gasteiger partial charge is 0.330 e. The predicted octanol–water partition coefficient (Wildman–Crippen LogP) is 0.870. The zero-order valence-electron chi connectivity index (χ0n) is 11.9. The summed E-state index contributed by atoms with van der Waals surface area (Å²) in [5.41, 5.74) is 6.60. The van der Waals surface area contributed by atoms with Crippen molar-refractivity contribution in [1.29, 1.82) is 0 Å². The summed E-state index contributed by atoms with van der Waals surface area (Å²) in [4.78, 5) is 0.313. The molecule has 0 aliphatic carbocycles. The highest BCUT2D eigenvalue weighted by atomic mass is 32.2. The lowest BCUT2D eigenvalue weighted by Crippen LogP contribution is -2.25. The topological polar surface area (TPSA) is 90.9 Å². The molecule has 1 aliphatic rings. The Bertz CT molecular complexity index is 750. The van der Waals surface area contributed by atoms with E-state index < -0.39 is 9.84 Å². The van der Waals surface area contributed by atoms with E-state index in [0.29, 0.717) is 17.4 Å². The normalized spacial score (nSPS) is 18.5. The second-order valence-corrected chi connectivity index (χ2v) is 7.50. The van der Waals surface area contributed by atoms with Crippen LogP contribution in [0.2, 0.25) is 0 Å². The van der Waals surface area contributed by atoms with Crippen LogP contribution in [0.3, 0.4) is 0 Å². The summed E-state index contributed by atoms with van der Waals surface area (Å²) < 4.78 is 25.1. The zero-order chi connectivity index (χ0) is 15.0. The van der Waals surface area contributed by atoms with E-state index in [4.69, 9.17) is 5.73 Å². The van der Waals surface area contributed by atoms with Crippen LogP contribution in [-0.2, 0) is 22.8 Å². The van der Waals surface area contributed by atoms with Crippen LogP contribution in [0.15, 0.2) is 29.2 Å². The Morgan fingerprint density at radius 3 is 2.62 bits per heavy atom. The number of nitrogens with two attached hydrogens (primary N) is 1.